The molecule has 0 spiro atoms. The molecule has 1 aliphatic carbocycles. The van der Waals surface area contributed by atoms with E-state index in [0.717, 1.165) is 41.5 Å². The fourth-order valence-corrected chi connectivity index (χ4v) is 3.56. The quantitative estimate of drug-likeness (QED) is 0.831. The highest BCUT2D eigenvalue weighted by Gasteiger charge is 2.26. The normalized spacial score (nSPS) is 22.7. The van der Waals surface area contributed by atoms with Crippen LogP contribution in [0, 0.1) is 5.92 Å². The summed E-state index contributed by atoms with van der Waals surface area (Å²) in [6.45, 7) is 7.37. The van der Waals surface area contributed by atoms with E-state index in [1.165, 1.54) is 38.0 Å². The van der Waals surface area contributed by atoms with Crippen molar-refractivity contribution in [2.75, 3.05) is 39.5 Å². The molecule has 1 saturated carbocycles. The van der Waals surface area contributed by atoms with Crippen LogP contribution < -0.4 is 9.47 Å². The van der Waals surface area contributed by atoms with E-state index >= 15 is 0 Å². The van der Waals surface area contributed by atoms with E-state index in [9.17, 15) is 0 Å². The van der Waals surface area contributed by atoms with Crippen molar-refractivity contribution in [1.82, 2.24) is 9.80 Å². The van der Waals surface area contributed by atoms with E-state index in [0.29, 0.717) is 6.79 Å². The summed E-state index contributed by atoms with van der Waals surface area (Å²) in [5, 5.41) is 0. The van der Waals surface area contributed by atoms with Crippen molar-refractivity contribution in [3.63, 3.8) is 0 Å². The van der Waals surface area contributed by atoms with Gasteiger partial charge in [0, 0.05) is 43.7 Å². The van der Waals surface area contributed by atoms with E-state index in [-0.39, 0.29) is 0 Å². The summed E-state index contributed by atoms with van der Waals surface area (Å²) >= 11 is 3.66. The molecule has 0 unspecified atom stereocenters. The molecule has 3 aliphatic rings. The number of halogens is 1. The van der Waals surface area contributed by atoms with E-state index in [1.807, 2.05) is 6.07 Å². The summed E-state index contributed by atoms with van der Waals surface area (Å²) < 4.78 is 12.0. The van der Waals surface area contributed by atoms with Crippen molar-refractivity contribution in [3.05, 3.63) is 22.2 Å². The Morgan fingerprint density at radius 3 is 2.38 bits per heavy atom. The van der Waals surface area contributed by atoms with Gasteiger partial charge in [-0.05, 0) is 36.5 Å². The minimum Gasteiger partial charge on any atom is -0.454 e. The van der Waals surface area contributed by atoms with E-state index in [2.05, 4.69) is 31.8 Å². The summed E-state index contributed by atoms with van der Waals surface area (Å²) in [6, 6.07) is 4.14. The van der Waals surface area contributed by atoms with Crippen LogP contribution in [-0.4, -0.2) is 49.3 Å². The third-order valence-electron chi connectivity index (χ3n) is 4.61. The molecule has 0 amide bonds. The van der Waals surface area contributed by atoms with E-state index < -0.39 is 0 Å². The lowest BCUT2D eigenvalue weighted by molar-refractivity contribution is 0.123. The number of piperazine rings is 1. The SMILES string of the molecule is Brc1cc2c(cc1CN1CCN(CC3CC3)CC1)OCO2. The first-order valence-electron chi connectivity index (χ1n) is 7.80. The van der Waals surface area contributed by atoms with Crippen molar-refractivity contribution in [2.45, 2.75) is 19.4 Å². The summed E-state index contributed by atoms with van der Waals surface area (Å²) in [5.41, 5.74) is 1.29. The topological polar surface area (TPSA) is 24.9 Å². The highest BCUT2D eigenvalue weighted by molar-refractivity contribution is 9.10. The van der Waals surface area contributed by atoms with Gasteiger partial charge in [-0.15, -0.1) is 0 Å². The first-order valence-corrected chi connectivity index (χ1v) is 8.60. The molecule has 2 heterocycles. The molecule has 5 heteroatoms. The molecule has 4 rings (SSSR count). The Balaban J connectivity index is 1.36. The van der Waals surface area contributed by atoms with Gasteiger partial charge in [0.1, 0.15) is 0 Å². The Bertz CT molecular complexity index is 525. The minimum atomic E-state index is 0.338. The first kappa shape index (κ1) is 13.9. The number of nitrogens with zero attached hydrogens (tertiary/aromatic N) is 2. The van der Waals surface area contributed by atoms with Crippen molar-refractivity contribution in [1.29, 1.82) is 0 Å². The Kier molecular flexibility index (Phi) is 3.81. The number of benzene rings is 1. The number of rotatable bonds is 4. The second-order valence-corrected chi connectivity index (χ2v) is 7.17. The lowest BCUT2D eigenvalue weighted by atomic mass is 10.1. The lowest BCUT2D eigenvalue weighted by Crippen LogP contribution is -2.46. The molecule has 0 aromatic heterocycles. The summed E-state index contributed by atoms with van der Waals surface area (Å²) in [5.74, 6) is 2.72. The van der Waals surface area contributed by atoms with Gasteiger partial charge in [0.15, 0.2) is 11.5 Å². The van der Waals surface area contributed by atoms with Crippen LogP contribution in [0.5, 0.6) is 11.5 Å². The maximum absolute atomic E-state index is 5.48. The number of fused-ring (bicyclic) bond motifs is 1. The molecule has 0 bridgehead atoms. The largest absolute Gasteiger partial charge is 0.454 e. The van der Waals surface area contributed by atoms with Gasteiger partial charge in [-0.2, -0.15) is 0 Å². The van der Waals surface area contributed by atoms with Gasteiger partial charge in [-0.1, -0.05) is 15.9 Å². The molecule has 1 aromatic carbocycles. The standard InChI is InChI=1S/C16H21BrN2O2/c17-14-8-16-15(20-11-21-16)7-13(14)10-19-5-3-18(4-6-19)9-12-1-2-12/h7-8,12H,1-6,9-11H2. The maximum atomic E-state index is 5.48. The molecular weight excluding hydrogens is 332 g/mol. The summed E-state index contributed by atoms with van der Waals surface area (Å²) in [6.07, 6.45) is 2.90. The van der Waals surface area contributed by atoms with Crippen molar-refractivity contribution in [2.24, 2.45) is 5.92 Å². The third kappa shape index (κ3) is 3.20. The summed E-state index contributed by atoms with van der Waals surface area (Å²) in [7, 11) is 0. The van der Waals surface area contributed by atoms with Gasteiger partial charge in [-0.3, -0.25) is 4.90 Å². The molecule has 1 saturated heterocycles. The average Bonchev–Trinajstić information content (AvgIpc) is 3.18. The van der Waals surface area contributed by atoms with Crippen LogP contribution in [0.2, 0.25) is 0 Å². The zero-order valence-electron chi connectivity index (χ0n) is 12.2. The Hall–Kier alpha value is -0.780. The Morgan fingerprint density at radius 2 is 1.67 bits per heavy atom. The highest BCUT2D eigenvalue weighted by atomic mass is 79.9. The summed E-state index contributed by atoms with van der Waals surface area (Å²) in [4.78, 5) is 5.16. The van der Waals surface area contributed by atoms with Crippen LogP contribution in [0.1, 0.15) is 18.4 Å². The number of ether oxygens (including phenoxy) is 2. The molecule has 0 radical (unpaired) electrons. The maximum Gasteiger partial charge on any atom is 0.231 e. The molecule has 2 fully saturated rings. The van der Waals surface area contributed by atoms with Crippen LogP contribution in [0.4, 0.5) is 0 Å². The van der Waals surface area contributed by atoms with Crippen LogP contribution in [0.25, 0.3) is 0 Å². The van der Waals surface area contributed by atoms with Crippen LogP contribution in [-0.2, 0) is 6.54 Å². The van der Waals surface area contributed by atoms with Crippen molar-refractivity contribution < 1.29 is 9.47 Å². The lowest BCUT2D eigenvalue weighted by Gasteiger charge is -2.35. The number of hydrogen-bond acceptors (Lipinski definition) is 4. The fourth-order valence-electron chi connectivity index (χ4n) is 3.12. The Labute approximate surface area is 134 Å². The van der Waals surface area contributed by atoms with Gasteiger partial charge in [0.25, 0.3) is 0 Å². The van der Waals surface area contributed by atoms with E-state index in [4.69, 9.17) is 9.47 Å². The van der Waals surface area contributed by atoms with Gasteiger partial charge < -0.3 is 14.4 Å². The van der Waals surface area contributed by atoms with Crippen LogP contribution in [0.15, 0.2) is 16.6 Å². The average molecular weight is 353 g/mol. The molecule has 0 atom stereocenters. The predicted octanol–water partition coefficient (Wildman–Crippen LogP) is 2.71. The van der Waals surface area contributed by atoms with Crippen molar-refractivity contribution in [3.8, 4) is 11.5 Å². The molecule has 2 aliphatic heterocycles. The van der Waals surface area contributed by atoms with Gasteiger partial charge >= 0.3 is 0 Å². The third-order valence-corrected chi connectivity index (χ3v) is 5.35. The van der Waals surface area contributed by atoms with Crippen LogP contribution in [0.3, 0.4) is 0 Å². The minimum absolute atomic E-state index is 0.338. The van der Waals surface area contributed by atoms with E-state index in [1.54, 1.807) is 0 Å². The Morgan fingerprint density at radius 1 is 1.00 bits per heavy atom. The van der Waals surface area contributed by atoms with Gasteiger partial charge in [0.05, 0.1) is 0 Å². The predicted molar refractivity (Wildman–Crippen MR) is 84.7 cm³/mol. The molecule has 4 nitrogen and oxygen atoms in total. The highest BCUT2D eigenvalue weighted by Crippen LogP contribution is 2.37. The second-order valence-electron chi connectivity index (χ2n) is 6.32. The molecule has 0 N–H and O–H groups in total. The zero-order valence-corrected chi connectivity index (χ0v) is 13.8. The zero-order chi connectivity index (χ0) is 14.2. The smallest absolute Gasteiger partial charge is 0.231 e. The first-order chi connectivity index (χ1) is 10.3. The van der Waals surface area contributed by atoms with Crippen molar-refractivity contribution >= 4 is 15.9 Å². The second kappa shape index (κ2) is 5.78. The fraction of sp³-hybridized carbons (Fsp3) is 0.625. The van der Waals surface area contributed by atoms with Gasteiger partial charge in [-0.25, -0.2) is 0 Å². The van der Waals surface area contributed by atoms with Crippen LogP contribution >= 0.6 is 15.9 Å². The molecule has 21 heavy (non-hydrogen) atoms. The number of hydrogen-bond donors (Lipinski definition) is 0. The molecular formula is C16H21BrN2O2. The molecule has 1 aromatic rings. The molecule has 114 valence electrons. The monoisotopic (exact) mass is 352 g/mol. The van der Waals surface area contributed by atoms with Gasteiger partial charge in [0.2, 0.25) is 6.79 Å².